The second kappa shape index (κ2) is 6.86. The van der Waals surface area contributed by atoms with Gasteiger partial charge in [-0.05, 0) is 41.9 Å². The molecule has 0 saturated carbocycles. The predicted molar refractivity (Wildman–Crippen MR) is 90.8 cm³/mol. The second-order valence-electron chi connectivity index (χ2n) is 6.36. The Morgan fingerprint density at radius 2 is 1.84 bits per heavy atom. The first-order chi connectivity index (χ1) is 8.75. The van der Waals surface area contributed by atoms with Gasteiger partial charge in [-0.2, -0.15) is 0 Å². The Morgan fingerprint density at radius 1 is 1.21 bits per heavy atom. The molecule has 0 spiro atoms. The molecule has 0 aliphatic rings. The third kappa shape index (κ3) is 4.89. The highest BCUT2D eigenvalue weighted by Crippen LogP contribution is 2.29. The van der Waals surface area contributed by atoms with Gasteiger partial charge in [0.2, 0.25) is 0 Å². The van der Waals surface area contributed by atoms with Crippen molar-refractivity contribution < 1.29 is 0 Å². The molecule has 1 rings (SSSR count). The first-order valence-electron chi connectivity index (χ1n) is 7.06. The first-order valence-corrected chi connectivity index (χ1v) is 8.14. The highest BCUT2D eigenvalue weighted by molar-refractivity contribution is 14.1. The Kier molecular flexibility index (Phi) is 6.02. The zero-order chi connectivity index (χ0) is 14.6. The summed E-state index contributed by atoms with van der Waals surface area (Å²) in [6.45, 7) is 14.1. The zero-order valence-electron chi connectivity index (χ0n) is 13.0. The Hall–Kier alpha value is -0.390. The zero-order valence-corrected chi connectivity index (χ0v) is 15.1. The number of anilines is 1. The number of aryl methyl sites for hydroxylation is 1. The van der Waals surface area contributed by atoms with Gasteiger partial charge in [0.05, 0.1) is 9.26 Å². The Balaban J connectivity index is 3.15. The molecule has 0 atom stereocenters. The number of rotatable bonds is 5. The van der Waals surface area contributed by atoms with E-state index in [1.54, 1.807) is 0 Å². The van der Waals surface area contributed by atoms with Gasteiger partial charge in [0, 0.05) is 18.4 Å². The van der Waals surface area contributed by atoms with Crippen LogP contribution in [-0.2, 0) is 11.8 Å². The van der Waals surface area contributed by atoms with E-state index in [0.29, 0.717) is 5.92 Å². The van der Waals surface area contributed by atoms with Crippen molar-refractivity contribution in [2.75, 3.05) is 11.9 Å². The standard InChI is InChI=1S/C15H26IN3/c1-7-17-14-12(16)13(15(4,5)6)18-11(19-14)9-8-10(2)3/h10H,7-9H2,1-6H3,(H,17,18,19). The third-order valence-electron chi connectivity index (χ3n) is 2.90. The van der Waals surface area contributed by atoms with Gasteiger partial charge in [-0.25, -0.2) is 9.97 Å². The van der Waals surface area contributed by atoms with Crippen LogP contribution in [0.3, 0.4) is 0 Å². The summed E-state index contributed by atoms with van der Waals surface area (Å²) >= 11 is 2.36. The van der Waals surface area contributed by atoms with Crippen molar-refractivity contribution in [1.82, 2.24) is 9.97 Å². The largest absolute Gasteiger partial charge is 0.369 e. The van der Waals surface area contributed by atoms with Gasteiger partial charge < -0.3 is 5.32 Å². The van der Waals surface area contributed by atoms with Gasteiger partial charge in [-0.1, -0.05) is 34.6 Å². The van der Waals surface area contributed by atoms with E-state index in [4.69, 9.17) is 4.98 Å². The summed E-state index contributed by atoms with van der Waals surface area (Å²) in [7, 11) is 0. The molecule has 0 unspecified atom stereocenters. The van der Waals surface area contributed by atoms with E-state index in [0.717, 1.165) is 40.3 Å². The molecule has 0 fully saturated rings. The quantitative estimate of drug-likeness (QED) is 0.776. The second-order valence-corrected chi connectivity index (χ2v) is 7.44. The SMILES string of the molecule is CCNc1nc(CCC(C)C)nc(C(C)(C)C)c1I. The molecule has 0 aliphatic carbocycles. The average Bonchev–Trinajstić information content (AvgIpc) is 2.28. The summed E-state index contributed by atoms with van der Waals surface area (Å²) in [6.07, 6.45) is 2.09. The fraction of sp³-hybridized carbons (Fsp3) is 0.733. The molecular weight excluding hydrogens is 349 g/mol. The molecule has 1 N–H and O–H groups in total. The lowest BCUT2D eigenvalue weighted by atomic mass is 9.91. The molecule has 0 aliphatic heterocycles. The number of aromatic nitrogens is 2. The lowest BCUT2D eigenvalue weighted by molar-refractivity contribution is 0.543. The van der Waals surface area contributed by atoms with Crippen molar-refractivity contribution in [2.24, 2.45) is 5.92 Å². The van der Waals surface area contributed by atoms with Gasteiger partial charge in [0.25, 0.3) is 0 Å². The Labute approximate surface area is 131 Å². The monoisotopic (exact) mass is 375 g/mol. The predicted octanol–water partition coefficient (Wildman–Crippen LogP) is 4.40. The van der Waals surface area contributed by atoms with Crippen LogP contribution in [0.25, 0.3) is 0 Å². The molecule has 0 aromatic carbocycles. The van der Waals surface area contributed by atoms with Crippen molar-refractivity contribution in [3.8, 4) is 0 Å². The molecule has 19 heavy (non-hydrogen) atoms. The fourth-order valence-electron chi connectivity index (χ4n) is 1.80. The van der Waals surface area contributed by atoms with Gasteiger partial charge in [0.1, 0.15) is 11.6 Å². The van der Waals surface area contributed by atoms with Crippen LogP contribution >= 0.6 is 22.6 Å². The summed E-state index contributed by atoms with van der Waals surface area (Å²) in [4.78, 5) is 9.48. The molecule has 108 valence electrons. The van der Waals surface area contributed by atoms with Gasteiger partial charge in [-0.15, -0.1) is 0 Å². The minimum absolute atomic E-state index is 0.0518. The van der Waals surface area contributed by atoms with Crippen molar-refractivity contribution in [1.29, 1.82) is 0 Å². The van der Waals surface area contributed by atoms with Crippen LogP contribution in [-0.4, -0.2) is 16.5 Å². The molecule has 0 amide bonds. The van der Waals surface area contributed by atoms with Crippen LogP contribution in [0.5, 0.6) is 0 Å². The normalized spacial score (nSPS) is 12.0. The van der Waals surface area contributed by atoms with Gasteiger partial charge in [-0.3, -0.25) is 0 Å². The number of hydrogen-bond acceptors (Lipinski definition) is 3. The summed E-state index contributed by atoms with van der Waals surface area (Å²) in [5, 5.41) is 3.36. The smallest absolute Gasteiger partial charge is 0.143 e. The molecule has 0 radical (unpaired) electrons. The topological polar surface area (TPSA) is 37.8 Å². The van der Waals surface area contributed by atoms with Crippen molar-refractivity contribution >= 4 is 28.4 Å². The van der Waals surface area contributed by atoms with Crippen molar-refractivity contribution in [2.45, 2.75) is 59.8 Å². The van der Waals surface area contributed by atoms with E-state index in [1.165, 1.54) is 0 Å². The van der Waals surface area contributed by atoms with E-state index in [9.17, 15) is 0 Å². The van der Waals surface area contributed by atoms with E-state index in [2.05, 4.69) is 74.4 Å². The number of nitrogens with zero attached hydrogens (tertiary/aromatic N) is 2. The summed E-state index contributed by atoms with van der Waals surface area (Å²) in [6, 6.07) is 0. The number of halogens is 1. The molecule has 0 bridgehead atoms. The summed E-state index contributed by atoms with van der Waals surface area (Å²) in [5.74, 6) is 2.64. The third-order valence-corrected chi connectivity index (χ3v) is 3.92. The molecule has 3 nitrogen and oxygen atoms in total. The molecule has 4 heteroatoms. The minimum atomic E-state index is 0.0518. The van der Waals surface area contributed by atoms with Crippen LogP contribution in [0.15, 0.2) is 0 Å². The lowest BCUT2D eigenvalue weighted by Crippen LogP contribution is -2.20. The van der Waals surface area contributed by atoms with E-state index >= 15 is 0 Å². The fourth-order valence-corrected chi connectivity index (χ4v) is 3.05. The maximum absolute atomic E-state index is 4.80. The van der Waals surface area contributed by atoms with E-state index in [1.807, 2.05) is 0 Å². The van der Waals surface area contributed by atoms with Crippen molar-refractivity contribution in [3.63, 3.8) is 0 Å². The van der Waals surface area contributed by atoms with Crippen LogP contribution in [0.1, 0.15) is 59.5 Å². The first kappa shape index (κ1) is 16.7. The van der Waals surface area contributed by atoms with Crippen LogP contribution in [0.4, 0.5) is 5.82 Å². The highest BCUT2D eigenvalue weighted by atomic mass is 127. The molecule has 1 aromatic rings. The van der Waals surface area contributed by atoms with Crippen LogP contribution in [0, 0.1) is 9.49 Å². The molecule has 1 aromatic heterocycles. The van der Waals surface area contributed by atoms with Crippen LogP contribution < -0.4 is 5.32 Å². The summed E-state index contributed by atoms with van der Waals surface area (Å²) < 4.78 is 1.15. The number of nitrogens with one attached hydrogen (secondary N) is 1. The lowest BCUT2D eigenvalue weighted by Gasteiger charge is -2.22. The van der Waals surface area contributed by atoms with Gasteiger partial charge in [0.15, 0.2) is 0 Å². The Morgan fingerprint density at radius 3 is 2.32 bits per heavy atom. The van der Waals surface area contributed by atoms with Crippen LogP contribution in [0.2, 0.25) is 0 Å². The molecule has 0 saturated heterocycles. The van der Waals surface area contributed by atoms with Crippen molar-refractivity contribution in [3.05, 3.63) is 15.1 Å². The maximum atomic E-state index is 4.80. The van der Waals surface area contributed by atoms with E-state index in [-0.39, 0.29) is 5.41 Å². The number of hydrogen-bond donors (Lipinski definition) is 1. The Bertz CT molecular complexity index is 422. The molecular formula is C15H26IN3. The maximum Gasteiger partial charge on any atom is 0.143 e. The summed E-state index contributed by atoms with van der Waals surface area (Å²) in [5.41, 5.74) is 1.20. The average molecular weight is 375 g/mol. The highest BCUT2D eigenvalue weighted by Gasteiger charge is 2.22. The minimum Gasteiger partial charge on any atom is -0.369 e. The molecule has 1 heterocycles. The van der Waals surface area contributed by atoms with Gasteiger partial charge >= 0.3 is 0 Å². The van der Waals surface area contributed by atoms with E-state index < -0.39 is 0 Å².